The highest BCUT2D eigenvalue weighted by molar-refractivity contribution is 6.31. The Bertz CT molecular complexity index is 419. The van der Waals surface area contributed by atoms with Crippen LogP contribution in [-0.4, -0.2) is 41.6 Å². The van der Waals surface area contributed by atoms with Crippen molar-refractivity contribution < 1.29 is 4.79 Å². The molecule has 18 heavy (non-hydrogen) atoms. The van der Waals surface area contributed by atoms with Gasteiger partial charge in [-0.05, 0) is 26.0 Å². The molecule has 0 radical (unpaired) electrons. The fourth-order valence-electron chi connectivity index (χ4n) is 2.30. The summed E-state index contributed by atoms with van der Waals surface area (Å²) in [6, 6.07) is 2.14. The zero-order chi connectivity index (χ0) is 12.4. The van der Waals surface area contributed by atoms with E-state index in [4.69, 9.17) is 11.6 Å². The third-order valence-corrected chi connectivity index (χ3v) is 3.51. The summed E-state index contributed by atoms with van der Waals surface area (Å²) in [6.07, 6.45) is 3.94. The fraction of sp³-hybridized carbons (Fsp3) is 0.583. The van der Waals surface area contributed by atoms with Crippen LogP contribution in [0.3, 0.4) is 0 Å². The quantitative estimate of drug-likeness (QED) is 0.904. The number of likely N-dealkylation sites (tertiary alicyclic amines) is 1. The molecule has 1 saturated heterocycles. The summed E-state index contributed by atoms with van der Waals surface area (Å²) in [4.78, 5) is 14.2. The first kappa shape index (κ1) is 15.3. The summed E-state index contributed by atoms with van der Waals surface area (Å²) < 4.78 is 1.79. The number of hydrogen-bond donors (Lipinski definition) is 1. The van der Waals surface area contributed by atoms with E-state index >= 15 is 0 Å². The van der Waals surface area contributed by atoms with Crippen LogP contribution in [0.5, 0.6) is 0 Å². The molecule has 6 heteroatoms. The van der Waals surface area contributed by atoms with Crippen molar-refractivity contribution in [2.45, 2.75) is 18.9 Å². The van der Waals surface area contributed by atoms with Crippen LogP contribution in [-0.2, 0) is 7.05 Å². The molecule has 2 rings (SSSR count). The van der Waals surface area contributed by atoms with E-state index in [-0.39, 0.29) is 18.3 Å². The number of amides is 1. The molecule has 4 nitrogen and oxygen atoms in total. The number of carbonyl (C=O) groups excluding carboxylic acids is 1. The third-order valence-electron chi connectivity index (χ3n) is 3.31. The number of hydrogen-bond acceptors (Lipinski definition) is 2. The van der Waals surface area contributed by atoms with Crippen molar-refractivity contribution in [1.82, 2.24) is 14.8 Å². The molecule has 1 atom stereocenters. The second kappa shape index (κ2) is 6.45. The van der Waals surface area contributed by atoms with Crippen LogP contribution in [0.25, 0.3) is 0 Å². The van der Waals surface area contributed by atoms with Gasteiger partial charge in [-0.2, -0.15) is 0 Å². The molecule has 0 aliphatic carbocycles. The lowest BCUT2D eigenvalue weighted by Crippen LogP contribution is -2.47. The normalized spacial score (nSPS) is 19.5. The fourth-order valence-corrected chi connectivity index (χ4v) is 2.55. The van der Waals surface area contributed by atoms with Gasteiger partial charge in [0.15, 0.2) is 0 Å². The second-order valence-electron chi connectivity index (χ2n) is 4.53. The Morgan fingerprint density at radius 3 is 2.83 bits per heavy atom. The Labute approximate surface area is 119 Å². The molecule has 0 saturated carbocycles. The second-order valence-corrected chi connectivity index (χ2v) is 4.97. The topological polar surface area (TPSA) is 37.3 Å². The number of aromatic nitrogens is 1. The average Bonchev–Trinajstić information content (AvgIpc) is 2.67. The van der Waals surface area contributed by atoms with Gasteiger partial charge in [-0.1, -0.05) is 11.6 Å². The van der Waals surface area contributed by atoms with Crippen molar-refractivity contribution in [3.8, 4) is 0 Å². The molecule has 0 bridgehead atoms. The van der Waals surface area contributed by atoms with Gasteiger partial charge in [0.25, 0.3) is 5.91 Å². The predicted molar refractivity (Wildman–Crippen MR) is 75.7 cm³/mol. The monoisotopic (exact) mass is 291 g/mol. The lowest BCUT2D eigenvalue weighted by Gasteiger charge is -2.32. The van der Waals surface area contributed by atoms with Crippen molar-refractivity contribution in [3.63, 3.8) is 0 Å². The van der Waals surface area contributed by atoms with E-state index in [1.807, 2.05) is 19.0 Å². The van der Waals surface area contributed by atoms with Crippen LogP contribution in [0.2, 0.25) is 5.02 Å². The Morgan fingerprint density at radius 2 is 2.28 bits per heavy atom. The smallest absolute Gasteiger partial charge is 0.270 e. The Hall–Kier alpha value is -0.710. The van der Waals surface area contributed by atoms with E-state index in [9.17, 15) is 4.79 Å². The number of nitrogens with zero attached hydrogens (tertiary/aromatic N) is 2. The minimum absolute atomic E-state index is 0. The molecule has 0 aromatic carbocycles. The number of rotatable bonds is 2. The van der Waals surface area contributed by atoms with Crippen molar-refractivity contribution in [3.05, 3.63) is 23.0 Å². The SMILES string of the molecule is CNC1CCCN(C(=O)c2cc(Cl)cn2C)C1.Cl. The van der Waals surface area contributed by atoms with Crippen LogP contribution in [0, 0.1) is 0 Å². The van der Waals surface area contributed by atoms with Gasteiger partial charge in [0.2, 0.25) is 0 Å². The summed E-state index contributed by atoms with van der Waals surface area (Å²) in [7, 11) is 3.79. The minimum atomic E-state index is 0. The molecule has 1 N–H and O–H groups in total. The average molecular weight is 292 g/mol. The lowest BCUT2D eigenvalue weighted by molar-refractivity contribution is 0.0688. The highest BCUT2D eigenvalue weighted by Crippen LogP contribution is 2.17. The molecule has 1 amide bonds. The van der Waals surface area contributed by atoms with E-state index in [2.05, 4.69) is 5.32 Å². The molecule has 0 spiro atoms. The van der Waals surface area contributed by atoms with Crippen molar-refractivity contribution in [2.24, 2.45) is 7.05 Å². The zero-order valence-corrected chi connectivity index (χ0v) is 12.2. The molecular formula is C12H19Cl2N3O. The maximum atomic E-state index is 12.3. The Kier molecular flexibility index (Phi) is 5.50. The van der Waals surface area contributed by atoms with Crippen LogP contribution < -0.4 is 5.32 Å². The molecule has 1 aromatic heterocycles. The Balaban J connectivity index is 0.00000162. The van der Waals surface area contributed by atoms with Crippen LogP contribution in [0.1, 0.15) is 23.3 Å². The van der Waals surface area contributed by atoms with Gasteiger partial charge >= 0.3 is 0 Å². The Morgan fingerprint density at radius 1 is 1.56 bits per heavy atom. The zero-order valence-electron chi connectivity index (χ0n) is 10.6. The first-order valence-electron chi connectivity index (χ1n) is 5.90. The summed E-state index contributed by atoms with van der Waals surface area (Å²) >= 11 is 5.90. The van der Waals surface area contributed by atoms with E-state index in [1.165, 1.54) is 0 Å². The van der Waals surface area contributed by atoms with Crippen LogP contribution in [0.15, 0.2) is 12.3 Å². The van der Waals surface area contributed by atoms with Gasteiger partial charge in [-0.3, -0.25) is 4.79 Å². The van der Waals surface area contributed by atoms with Crippen molar-refractivity contribution in [2.75, 3.05) is 20.1 Å². The summed E-state index contributed by atoms with van der Waals surface area (Å²) in [6.45, 7) is 1.61. The van der Waals surface area contributed by atoms with Crippen molar-refractivity contribution >= 4 is 29.9 Å². The van der Waals surface area contributed by atoms with Gasteiger partial charge in [0.1, 0.15) is 5.69 Å². The molecule has 102 valence electrons. The largest absolute Gasteiger partial charge is 0.345 e. The predicted octanol–water partition coefficient (Wildman–Crippen LogP) is 1.92. The van der Waals surface area contributed by atoms with E-state index in [0.717, 1.165) is 25.9 Å². The molecule has 1 aliphatic heterocycles. The number of aryl methyl sites for hydroxylation is 1. The molecule has 2 heterocycles. The molecule has 1 fully saturated rings. The van der Waals surface area contributed by atoms with Gasteiger partial charge in [-0.15, -0.1) is 12.4 Å². The number of halogens is 2. The van der Waals surface area contributed by atoms with E-state index < -0.39 is 0 Å². The summed E-state index contributed by atoms with van der Waals surface area (Å²) in [5.74, 6) is 0.0688. The highest BCUT2D eigenvalue weighted by atomic mass is 35.5. The lowest BCUT2D eigenvalue weighted by atomic mass is 10.1. The first-order valence-corrected chi connectivity index (χ1v) is 6.28. The van der Waals surface area contributed by atoms with Gasteiger partial charge in [0, 0.05) is 32.4 Å². The summed E-state index contributed by atoms with van der Waals surface area (Å²) in [5.41, 5.74) is 0.659. The highest BCUT2D eigenvalue weighted by Gasteiger charge is 2.25. The molecule has 1 aliphatic rings. The molecular weight excluding hydrogens is 273 g/mol. The van der Waals surface area contributed by atoms with Gasteiger partial charge < -0.3 is 14.8 Å². The van der Waals surface area contributed by atoms with E-state index in [1.54, 1.807) is 16.8 Å². The van der Waals surface area contributed by atoms with Gasteiger partial charge in [0.05, 0.1) is 5.02 Å². The first-order chi connectivity index (χ1) is 8.11. The van der Waals surface area contributed by atoms with Crippen molar-refractivity contribution in [1.29, 1.82) is 0 Å². The molecule has 1 aromatic rings. The minimum Gasteiger partial charge on any atom is -0.345 e. The van der Waals surface area contributed by atoms with Crippen LogP contribution >= 0.6 is 24.0 Å². The maximum absolute atomic E-state index is 12.3. The third kappa shape index (κ3) is 3.19. The number of likely N-dealkylation sites (N-methyl/N-ethyl adjacent to an activating group) is 1. The summed E-state index contributed by atoms with van der Waals surface area (Å²) in [5, 5.41) is 3.84. The number of nitrogens with one attached hydrogen (secondary N) is 1. The molecule has 1 unspecified atom stereocenters. The van der Waals surface area contributed by atoms with E-state index in [0.29, 0.717) is 16.8 Å². The number of carbonyl (C=O) groups is 1. The van der Waals surface area contributed by atoms with Crippen LogP contribution in [0.4, 0.5) is 0 Å². The number of piperidine rings is 1. The standard InChI is InChI=1S/C12H18ClN3O.ClH/c1-14-10-4-3-5-16(8-10)12(17)11-6-9(13)7-15(11)2;/h6-7,10,14H,3-5,8H2,1-2H3;1H. The maximum Gasteiger partial charge on any atom is 0.270 e. The van der Waals surface area contributed by atoms with Gasteiger partial charge in [-0.25, -0.2) is 0 Å².